The van der Waals surface area contributed by atoms with E-state index in [-0.39, 0.29) is 0 Å². The summed E-state index contributed by atoms with van der Waals surface area (Å²) in [6.07, 6.45) is 5.84. The average Bonchev–Trinajstić information content (AvgIpc) is 2.26. The second-order valence-corrected chi connectivity index (χ2v) is 5.16. The summed E-state index contributed by atoms with van der Waals surface area (Å²) >= 11 is 0. The van der Waals surface area contributed by atoms with Crippen LogP contribution in [0.25, 0.3) is 0 Å². The van der Waals surface area contributed by atoms with Gasteiger partial charge in [0.2, 0.25) is 0 Å². The van der Waals surface area contributed by atoms with Gasteiger partial charge in [-0.1, -0.05) is 13.8 Å². The molecule has 0 amide bonds. The van der Waals surface area contributed by atoms with Crippen molar-refractivity contribution in [3.05, 3.63) is 0 Å². The molecule has 1 heterocycles. The summed E-state index contributed by atoms with van der Waals surface area (Å²) < 4.78 is 0. The van der Waals surface area contributed by atoms with Crippen LogP contribution in [0.15, 0.2) is 0 Å². The average molecular weight is 167 g/mol. The molecule has 70 valence electrons. The van der Waals surface area contributed by atoms with Gasteiger partial charge in [0, 0.05) is 5.54 Å². The fourth-order valence-electron chi connectivity index (χ4n) is 2.98. The van der Waals surface area contributed by atoms with Crippen molar-refractivity contribution < 1.29 is 0 Å². The molecule has 0 atom stereocenters. The molecule has 0 N–H and O–H groups in total. The van der Waals surface area contributed by atoms with Gasteiger partial charge in [0.15, 0.2) is 0 Å². The number of likely N-dealkylation sites (tertiary alicyclic amines) is 1. The minimum absolute atomic E-state index is 0.662. The first-order chi connectivity index (χ1) is 5.64. The van der Waals surface area contributed by atoms with E-state index < -0.39 is 0 Å². The molecule has 0 aromatic heterocycles. The molecule has 0 radical (unpaired) electrons. The summed E-state index contributed by atoms with van der Waals surface area (Å²) in [7, 11) is 2.31. The van der Waals surface area contributed by atoms with Crippen molar-refractivity contribution in [1.82, 2.24) is 4.90 Å². The van der Waals surface area contributed by atoms with Crippen LogP contribution >= 0.6 is 0 Å². The first-order valence-corrected chi connectivity index (χ1v) is 5.35. The lowest BCUT2D eigenvalue weighted by molar-refractivity contribution is 0.00282. The van der Waals surface area contributed by atoms with Gasteiger partial charge in [0.05, 0.1) is 0 Å². The van der Waals surface area contributed by atoms with Crippen molar-refractivity contribution in [2.75, 3.05) is 13.6 Å². The monoisotopic (exact) mass is 167 g/mol. The van der Waals surface area contributed by atoms with Crippen LogP contribution in [0.2, 0.25) is 0 Å². The molecule has 2 rings (SSSR count). The minimum atomic E-state index is 0.662. The van der Waals surface area contributed by atoms with E-state index in [2.05, 4.69) is 25.8 Å². The highest BCUT2D eigenvalue weighted by atomic mass is 15.2. The lowest BCUT2D eigenvalue weighted by Crippen LogP contribution is -2.53. The molecule has 1 heteroatoms. The molecule has 0 aromatic rings. The lowest BCUT2D eigenvalue weighted by Gasteiger charge is -2.51. The van der Waals surface area contributed by atoms with Crippen molar-refractivity contribution >= 4 is 0 Å². The Morgan fingerprint density at radius 1 is 1.33 bits per heavy atom. The van der Waals surface area contributed by atoms with Crippen LogP contribution in [0.5, 0.6) is 0 Å². The Balaban J connectivity index is 1.93. The molecule has 0 bridgehead atoms. The van der Waals surface area contributed by atoms with Gasteiger partial charge in [0.1, 0.15) is 0 Å². The second kappa shape index (κ2) is 2.73. The first-order valence-electron chi connectivity index (χ1n) is 5.35. The van der Waals surface area contributed by atoms with E-state index in [0.29, 0.717) is 5.54 Å². The van der Waals surface area contributed by atoms with Crippen molar-refractivity contribution in [3.8, 4) is 0 Å². The maximum atomic E-state index is 2.60. The summed E-state index contributed by atoms with van der Waals surface area (Å²) in [5, 5.41) is 0. The normalized spacial score (nSPS) is 42.5. The van der Waals surface area contributed by atoms with Crippen LogP contribution in [0.3, 0.4) is 0 Å². The van der Waals surface area contributed by atoms with E-state index in [1.54, 1.807) is 0 Å². The molecule has 1 spiro atoms. The largest absolute Gasteiger partial charge is 0.301 e. The third-order valence-electron chi connectivity index (χ3n) is 4.17. The van der Waals surface area contributed by atoms with Crippen molar-refractivity contribution in [1.29, 1.82) is 0 Å². The zero-order chi connectivity index (χ0) is 8.77. The van der Waals surface area contributed by atoms with Crippen LogP contribution in [0.1, 0.15) is 39.5 Å². The number of nitrogens with zero attached hydrogens (tertiary/aromatic N) is 1. The van der Waals surface area contributed by atoms with Gasteiger partial charge in [-0.15, -0.1) is 0 Å². The maximum absolute atomic E-state index is 2.60. The quantitative estimate of drug-likeness (QED) is 0.580. The van der Waals surface area contributed by atoms with Crippen molar-refractivity contribution in [3.63, 3.8) is 0 Å². The van der Waals surface area contributed by atoms with Gasteiger partial charge < -0.3 is 4.90 Å². The SMILES string of the molecule is CC(C)C1CC2(CCCN2C)C1. The lowest BCUT2D eigenvalue weighted by atomic mass is 9.63. The van der Waals surface area contributed by atoms with Gasteiger partial charge in [-0.05, 0) is 51.1 Å². The molecule has 0 unspecified atom stereocenters. The highest BCUT2D eigenvalue weighted by Crippen LogP contribution is 2.50. The van der Waals surface area contributed by atoms with E-state index in [1.165, 1.54) is 32.2 Å². The molecule has 1 saturated heterocycles. The minimum Gasteiger partial charge on any atom is -0.301 e. The van der Waals surface area contributed by atoms with Crippen molar-refractivity contribution in [2.45, 2.75) is 45.1 Å². The van der Waals surface area contributed by atoms with E-state index in [1.807, 2.05) is 0 Å². The van der Waals surface area contributed by atoms with E-state index in [0.717, 1.165) is 11.8 Å². The standard InChI is InChI=1S/C11H21N/c1-9(2)10-7-11(8-10)5-4-6-12(11)3/h9-10H,4-8H2,1-3H3. The highest BCUT2D eigenvalue weighted by molar-refractivity contribution is 5.05. The van der Waals surface area contributed by atoms with E-state index in [9.17, 15) is 0 Å². The van der Waals surface area contributed by atoms with E-state index >= 15 is 0 Å². The molecular weight excluding hydrogens is 146 g/mol. The molecule has 12 heavy (non-hydrogen) atoms. The van der Waals surface area contributed by atoms with Gasteiger partial charge in [0.25, 0.3) is 0 Å². The Labute approximate surface area is 76.1 Å². The van der Waals surface area contributed by atoms with Crippen LogP contribution in [-0.4, -0.2) is 24.0 Å². The van der Waals surface area contributed by atoms with Crippen LogP contribution < -0.4 is 0 Å². The van der Waals surface area contributed by atoms with Crippen LogP contribution in [0.4, 0.5) is 0 Å². The zero-order valence-corrected chi connectivity index (χ0v) is 8.64. The topological polar surface area (TPSA) is 3.24 Å². The van der Waals surface area contributed by atoms with Crippen LogP contribution in [-0.2, 0) is 0 Å². The van der Waals surface area contributed by atoms with Crippen LogP contribution in [0, 0.1) is 11.8 Å². The van der Waals surface area contributed by atoms with Gasteiger partial charge in [-0.2, -0.15) is 0 Å². The molecule has 1 aliphatic heterocycles. The molecular formula is C11H21N. The molecule has 2 fully saturated rings. The Hall–Kier alpha value is -0.0400. The third kappa shape index (κ3) is 1.10. The molecule has 1 saturated carbocycles. The number of hydrogen-bond acceptors (Lipinski definition) is 1. The summed E-state index contributed by atoms with van der Waals surface area (Å²) in [5.74, 6) is 1.93. The summed E-state index contributed by atoms with van der Waals surface area (Å²) in [6.45, 7) is 6.07. The molecule has 1 nitrogen and oxygen atoms in total. The highest BCUT2D eigenvalue weighted by Gasteiger charge is 2.49. The second-order valence-electron chi connectivity index (χ2n) is 5.16. The van der Waals surface area contributed by atoms with Gasteiger partial charge in [-0.25, -0.2) is 0 Å². The first kappa shape index (κ1) is 8.55. The summed E-state index contributed by atoms with van der Waals surface area (Å²) in [5.41, 5.74) is 0.662. The Morgan fingerprint density at radius 3 is 2.42 bits per heavy atom. The van der Waals surface area contributed by atoms with Gasteiger partial charge in [-0.3, -0.25) is 0 Å². The fourth-order valence-corrected chi connectivity index (χ4v) is 2.98. The zero-order valence-electron chi connectivity index (χ0n) is 8.64. The maximum Gasteiger partial charge on any atom is 0.0212 e. The Kier molecular flexibility index (Phi) is 1.95. The fraction of sp³-hybridized carbons (Fsp3) is 1.00. The molecule has 1 aliphatic carbocycles. The van der Waals surface area contributed by atoms with Gasteiger partial charge >= 0.3 is 0 Å². The molecule has 2 aliphatic rings. The predicted molar refractivity (Wildman–Crippen MR) is 52.2 cm³/mol. The van der Waals surface area contributed by atoms with Crippen molar-refractivity contribution in [2.24, 2.45) is 11.8 Å². The smallest absolute Gasteiger partial charge is 0.0212 e. The third-order valence-corrected chi connectivity index (χ3v) is 4.17. The van der Waals surface area contributed by atoms with E-state index in [4.69, 9.17) is 0 Å². The Morgan fingerprint density at radius 2 is 2.00 bits per heavy atom. The predicted octanol–water partition coefficient (Wildman–Crippen LogP) is 2.52. The number of rotatable bonds is 1. The molecule has 0 aromatic carbocycles. The number of hydrogen-bond donors (Lipinski definition) is 0. The summed E-state index contributed by atoms with van der Waals surface area (Å²) in [6, 6.07) is 0. The Bertz CT molecular complexity index is 168. The summed E-state index contributed by atoms with van der Waals surface area (Å²) in [4.78, 5) is 2.60.